The molecule has 1 amide bonds. The number of carbonyl (C=O) groups is 2. The van der Waals surface area contributed by atoms with Gasteiger partial charge in [0.25, 0.3) is 5.91 Å². The Labute approximate surface area is 107 Å². The van der Waals surface area contributed by atoms with Crippen LogP contribution >= 0.6 is 0 Å². The van der Waals surface area contributed by atoms with Gasteiger partial charge in [-0.25, -0.2) is 0 Å². The van der Waals surface area contributed by atoms with Crippen LogP contribution in [0, 0.1) is 0 Å². The van der Waals surface area contributed by atoms with Gasteiger partial charge in [-0.15, -0.1) is 0 Å². The molecule has 1 heterocycles. The van der Waals surface area contributed by atoms with Crippen molar-refractivity contribution in [2.24, 2.45) is 0 Å². The zero-order valence-corrected chi connectivity index (χ0v) is 10.6. The van der Waals surface area contributed by atoms with Gasteiger partial charge in [0, 0.05) is 19.2 Å². The van der Waals surface area contributed by atoms with E-state index in [0.29, 0.717) is 13.2 Å². The van der Waals surface area contributed by atoms with E-state index in [-0.39, 0.29) is 24.5 Å². The van der Waals surface area contributed by atoms with Crippen LogP contribution in [-0.4, -0.2) is 47.2 Å². The van der Waals surface area contributed by atoms with Crippen molar-refractivity contribution in [1.82, 2.24) is 4.90 Å². The van der Waals surface area contributed by atoms with Crippen LogP contribution in [0.25, 0.3) is 0 Å². The number of nitrogens with zero attached hydrogens (tertiary/aromatic N) is 1. The number of carbonyl (C=O) groups excluding carboxylic acids is 1. The van der Waals surface area contributed by atoms with E-state index in [2.05, 4.69) is 0 Å². The van der Waals surface area contributed by atoms with Crippen LogP contribution in [-0.2, 0) is 14.3 Å². The summed E-state index contributed by atoms with van der Waals surface area (Å²) < 4.78 is 5.42. The number of amides is 1. The van der Waals surface area contributed by atoms with Gasteiger partial charge in [0.05, 0.1) is 6.42 Å². The summed E-state index contributed by atoms with van der Waals surface area (Å²) in [5.41, 5.74) is 0. The molecule has 5 nitrogen and oxygen atoms in total. The molecular formula is C13H21NO4. The highest BCUT2D eigenvalue weighted by Gasteiger charge is 2.33. The largest absolute Gasteiger partial charge is 0.481 e. The summed E-state index contributed by atoms with van der Waals surface area (Å²) in [5.74, 6) is -0.848. The van der Waals surface area contributed by atoms with Crippen molar-refractivity contribution in [3.05, 3.63) is 0 Å². The zero-order chi connectivity index (χ0) is 13.0. The molecule has 0 aromatic rings. The van der Waals surface area contributed by atoms with Gasteiger partial charge < -0.3 is 14.7 Å². The highest BCUT2D eigenvalue weighted by Crippen LogP contribution is 2.26. The number of ether oxygens (including phenoxy) is 1. The summed E-state index contributed by atoms with van der Waals surface area (Å²) in [6, 6.07) is 0.223. The molecule has 2 aliphatic rings. The van der Waals surface area contributed by atoms with Gasteiger partial charge in [0.1, 0.15) is 6.10 Å². The first-order valence-electron chi connectivity index (χ1n) is 6.82. The minimum absolute atomic E-state index is 0.000602. The lowest BCUT2D eigenvalue weighted by atomic mass is 10.1. The van der Waals surface area contributed by atoms with E-state index in [0.717, 1.165) is 38.5 Å². The Kier molecular flexibility index (Phi) is 4.58. The Morgan fingerprint density at radius 3 is 2.44 bits per heavy atom. The fourth-order valence-electron chi connectivity index (χ4n) is 2.86. The third-order valence-electron chi connectivity index (χ3n) is 3.82. The summed E-state index contributed by atoms with van der Waals surface area (Å²) in [6.07, 6.45) is 5.65. The number of hydrogen-bond acceptors (Lipinski definition) is 3. The van der Waals surface area contributed by atoms with Gasteiger partial charge in [0.15, 0.2) is 0 Å². The van der Waals surface area contributed by atoms with Crippen LogP contribution in [0.15, 0.2) is 0 Å². The number of hydrogen-bond donors (Lipinski definition) is 1. The minimum Gasteiger partial charge on any atom is -0.481 e. The Morgan fingerprint density at radius 1 is 1.17 bits per heavy atom. The average Bonchev–Trinajstić information content (AvgIpc) is 3.01. The third kappa shape index (κ3) is 3.22. The van der Waals surface area contributed by atoms with Crippen LogP contribution in [0.5, 0.6) is 0 Å². The molecule has 2 fully saturated rings. The molecule has 1 aliphatic carbocycles. The van der Waals surface area contributed by atoms with Crippen molar-refractivity contribution >= 4 is 11.9 Å². The van der Waals surface area contributed by atoms with Crippen molar-refractivity contribution < 1.29 is 19.4 Å². The Bertz CT molecular complexity index is 306. The second kappa shape index (κ2) is 6.18. The second-order valence-electron chi connectivity index (χ2n) is 5.12. The van der Waals surface area contributed by atoms with Crippen LogP contribution in [0.1, 0.15) is 44.9 Å². The van der Waals surface area contributed by atoms with E-state index >= 15 is 0 Å². The number of carboxylic acid groups (broad SMARTS) is 1. The van der Waals surface area contributed by atoms with E-state index in [1.807, 2.05) is 0 Å². The zero-order valence-electron chi connectivity index (χ0n) is 10.6. The van der Waals surface area contributed by atoms with E-state index in [4.69, 9.17) is 9.84 Å². The van der Waals surface area contributed by atoms with Crippen molar-refractivity contribution in [2.75, 3.05) is 13.2 Å². The average molecular weight is 255 g/mol. The van der Waals surface area contributed by atoms with E-state index in [9.17, 15) is 9.59 Å². The van der Waals surface area contributed by atoms with E-state index in [1.54, 1.807) is 4.90 Å². The maximum absolute atomic E-state index is 12.4. The van der Waals surface area contributed by atoms with Crippen molar-refractivity contribution in [1.29, 1.82) is 0 Å². The van der Waals surface area contributed by atoms with Crippen LogP contribution < -0.4 is 0 Å². The molecule has 18 heavy (non-hydrogen) atoms. The summed E-state index contributed by atoms with van der Waals surface area (Å²) in [4.78, 5) is 24.8. The number of rotatable bonds is 5. The van der Waals surface area contributed by atoms with Crippen molar-refractivity contribution in [3.63, 3.8) is 0 Å². The second-order valence-corrected chi connectivity index (χ2v) is 5.12. The van der Waals surface area contributed by atoms with Crippen molar-refractivity contribution in [3.8, 4) is 0 Å². The summed E-state index contributed by atoms with van der Waals surface area (Å²) in [6.45, 7) is 0.965. The third-order valence-corrected chi connectivity index (χ3v) is 3.82. The molecule has 102 valence electrons. The van der Waals surface area contributed by atoms with E-state index in [1.165, 1.54) is 0 Å². The highest BCUT2D eigenvalue weighted by atomic mass is 16.5. The molecule has 1 unspecified atom stereocenters. The molecule has 1 aliphatic heterocycles. The van der Waals surface area contributed by atoms with E-state index < -0.39 is 5.97 Å². The quantitative estimate of drug-likeness (QED) is 0.806. The van der Waals surface area contributed by atoms with Gasteiger partial charge >= 0.3 is 5.97 Å². The van der Waals surface area contributed by atoms with Crippen LogP contribution in [0.4, 0.5) is 0 Å². The van der Waals surface area contributed by atoms with Crippen LogP contribution in [0.2, 0.25) is 0 Å². The molecule has 0 radical (unpaired) electrons. The molecule has 5 heteroatoms. The Balaban J connectivity index is 1.97. The SMILES string of the molecule is O=C(O)CCN(C(=O)C1CCCO1)C1CCCC1. The standard InChI is InChI=1S/C13H21NO4/c15-12(16)7-8-14(10-4-1-2-5-10)13(17)11-6-3-9-18-11/h10-11H,1-9H2,(H,15,16). The molecule has 0 spiro atoms. The number of aliphatic carboxylic acids is 1. The predicted octanol–water partition coefficient (Wildman–Crippen LogP) is 1.41. The molecule has 0 bridgehead atoms. The molecule has 0 aromatic heterocycles. The Morgan fingerprint density at radius 2 is 1.89 bits per heavy atom. The monoisotopic (exact) mass is 255 g/mol. The first kappa shape index (κ1) is 13.3. The van der Waals surface area contributed by atoms with Gasteiger partial charge in [0.2, 0.25) is 0 Å². The molecule has 1 saturated carbocycles. The molecule has 1 saturated heterocycles. The lowest BCUT2D eigenvalue weighted by Crippen LogP contribution is -2.45. The molecular weight excluding hydrogens is 234 g/mol. The molecule has 1 atom stereocenters. The normalized spacial score (nSPS) is 24.3. The fourth-order valence-corrected chi connectivity index (χ4v) is 2.86. The lowest BCUT2D eigenvalue weighted by Gasteiger charge is -2.30. The van der Waals surface area contributed by atoms with Gasteiger partial charge in [-0.1, -0.05) is 12.8 Å². The van der Waals surface area contributed by atoms with Crippen LogP contribution in [0.3, 0.4) is 0 Å². The highest BCUT2D eigenvalue weighted by molar-refractivity contribution is 5.82. The summed E-state index contributed by atoms with van der Waals surface area (Å²) >= 11 is 0. The van der Waals surface area contributed by atoms with Crippen molar-refractivity contribution in [2.45, 2.75) is 57.1 Å². The van der Waals surface area contributed by atoms with Gasteiger partial charge in [-0.05, 0) is 25.7 Å². The molecule has 2 rings (SSSR count). The topological polar surface area (TPSA) is 66.8 Å². The molecule has 0 aromatic carbocycles. The number of carboxylic acids is 1. The maximum Gasteiger partial charge on any atom is 0.305 e. The first-order chi connectivity index (χ1) is 8.68. The smallest absolute Gasteiger partial charge is 0.305 e. The van der Waals surface area contributed by atoms with Gasteiger partial charge in [-0.3, -0.25) is 9.59 Å². The summed E-state index contributed by atoms with van der Waals surface area (Å²) in [5, 5.41) is 8.78. The first-order valence-corrected chi connectivity index (χ1v) is 6.82. The molecule has 1 N–H and O–H groups in total. The minimum atomic E-state index is -0.849. The Hall–Kier alpha value is -1.10. The summed E-state index contributed by atoms with van der Waals surface area (Å²) in [7, 11) is 0. The lowest BCUT2D eigenvalue weighted by molar-refractivity contribution is -0.145. The predicted molar refractivity (Wildman–Crippen MR) is 65.2 cm³/mol. The van der Waals surface area contributed by atoms with Gasteiger partial charge in [-0.2, -0.15) is 0 Å². The fraction of sp³-hybridized carbons (Fsp3) is 0.846. The maximum atomic E-state index is 12.4.